The number of para-hydroxylation sites is 3. The van der Waals surface area contributed by atoms with E-state index in [1.807, 2.05) is 0 Å². The SMILES string of the molecule is C1=CC2C(C=C1c1ccc3c(c1)c1c(-c4ccccc4)cccc1n3-c1ccccc1)c1ccccc1N2c1ccccc1. The summed E-state index contributed by atoms with van der Waals surface area (Å²) >= 11 is 0. The maximum absolute atomic E-state index is 2.49. The highest BCUT2D eigenvalue weighted by Gasteiger charge is 2.38. The van der Waals surface area contributed by atoms with Gasteiger partial charge in [0.05, 0.1) is 17.1 Å². The summed E-state index contributed by atoms with van der Waals surface area (Å²) in [4.78, 5) is 2.49. The molecule has 0 radical (unpaired) electrons. The molecule has 0 saturated carbocycles. The van der Waals surface area contributed by atoms with Crippen LogP contribution in [0.15, 0.2) is 170 Å². The van der Waals surface area contributed by atoms with Gasteiger partial charge in [0.15, 0.2) is 0 Å². The van der Waals surface area contributed by atoms with Crippen LogP contribution in [0.1, 0.15) is 17.0 Å². The highest BCUT2D eigenvalue weighted by molar-refractivity contribution is 6.16. The van der Waals surface area contributed by atoms with Crippen LogP contribution >= 0.6 is 0 Å². The van der Waals surface area contributed by atoms with Gasteiger partial charge in [-0.05, 0) is 76.4 Å². The van der Waals surface area contributed by atoms with Crippen LogP contribution in [-0.4, -0.2) is 10.6 Å². The molecular formula is C42H30N2. The summed E-state index contributed by atoms with van der Waals surface area (Å²) in [6, 6.07) is 55.1. The average Bonchev–Trinajstić information content (AvgIpc) is 3.61. The molecule has 0 amide bonds. The van der Waals surface area contributed by atoms with Gasteiger partial charge in [0.2, 0.25) is 0 Å². The highest BCUT2D eigenvalue weighted by atomic mass is 15.2. The number of anilines is 2. The number of aromatic nitrogens is 1. The maximum Gasteiger partial charge on any atom is 0.0630 e. The zero-order chi connectivity index (χ0) is 29.0. The van der Waals surface area contributed by atoms with Gasteiger partial charge in [-0.3, -0.25) is 0 Å². The van der Waals surface area contributed by atoms with Gasteiger partial charge in [-0.1, -0.05) is 121 Å². The summed E-state index contributed by atoms with van der Waals surface area (Å²) in [7, 11) is 0. The molecule has 208 valence electrons. The minimum absolute atomic E-state index is 0.256. The van der Waals surface area contributed by atoms with Crippen molar-refractivity contribution in [2.24, 2.45) is 0 Å². The molecule has 0 saturated heterocycles. The molecule has 2 heterocycles. The van der Waals surface area contributed by atoms with E-state index < -0.39 is 0 Å². The molecule has 9 rings (SSSR count). The quantitative estimate of drug-likeness (QED) is 0.207. The zero-order valence-corrected chi connectivity index (χ0v) is 24.2. The first-order valence-corrected chi connectivity index (χ1v) is 15.4. The van der Waals surface area contributed by atoms with Crippen LogP contribution in [0.5, 0.6) is 0 Å². The van der Waals surface area contributed by atoms with Crippen molar-refractivity contribution in [3.8, 4) is 16.8 Å². The fourth-order valence-corrected chi connectivity index (χ4v) is 7.40. The van der Waals surface area contributed by atoms with Crippen LogP contribution in [0.3, 0.4) is 0 Å². The van der Waals surface area contributed by atoms with Crippen molar-refractivity contribution >= 4 is 38.8 Å². The molecule has 0 fully saturated rings. The third-order valence-corrected chi connectivity index (χ3v) is 9.31. The number of benzene rings is 6. The first kappa shape index (κ1) is 24.9. The predicted octanol–water partition coefficient (Wildman–Crippen LogP) is 10.7. The molecule has 0 spiro atoms. The Morgan fingerprint density at radius 3 is 2.02 bits per heavy atom. The fourth-order valence-electron chi connectivity index (χ4n) is 7.40. The van der Waals surface area contributed by atoms with Crippen molar-refractivity contribution in [1.82, 2.24) is 4.57 Å². The van der Waals surface area contributed by atoms with Crippen molar-refractivity contribution in [2.45, 2.75) is 12.0 Å². The number of hydrogen-bond acceptors (Lipinski definition) is 1. The summed E-state index contributed by atoms with van der Waals surface area (Å²) < 4.78 is 2.41. The van der Waals surface area contributed by atoms with Crippen molar-refractivity contribution < 1.29 is 0 Å². The Labute approximate surface area is 257 Å². The molecule has 2 aliphatic rings. The fraction of sp³-hybridized carbons (Fsp3) is 0.0476. The van der Waals surface area contributed by atoms with Crippen molar-refractivity contribution in [1.29, 1.82) is 0 Å². The van der Waals surface area contributed by atoms with E-state index in [0.717, 1.165) is 0 Å². The topological polar surface area (TPSA) is 8.17 Å². The summed E-state index contributed by atoms with van der Waals surface area (Å²) in [5.41, 5.74) is 12.6. The lowest BCUT2D eigenvalue weighted by Gasteiger charge is -2.29. The second-order valence-corrected chi connectivity index (χ2v) is 11.7. The molecule has 6 aromatic carbocycles. The van der Waals surface area contributed by atoms with Crippen molar-refractivity contribution in [3.05, 3.63) is 181 Å². The average molecular weight is 563 g/mol. The smallest absolute Gasteiger partial charge is 0.0630 e. The number of allylic oxidation sites excluding steroid dienone is 2. The van der Waals surface area contributed by atoms with Crippen molar-refractivity contribution in [3.63, 3.8) is 0 Å². The Morgan fingerprint density at radius 1 is 0.523 bits per heavy atom. The lowest BCUT2D eigenvalue weighted by atomic mass is 9.86. The van der Waals surface area contributed by atoms with Crippen molar-refractivity contribution in [2.75, 3.05) is 4.90 Å². The zero-order valence-electron chi connectivity index (χ0n) is 24.2. The number of nitrogens with zero attached hydrogens (tertiary/aromatic N) is 2. The van der Waals surface area contributed by atoms with Gasteiger partial charge in [0.25, 0.3) is 0 Å². The molecule has 2 nitrogen and oxygen atoms in total. The molecule has 1 aliphatic heterocycles. The normalized spacial score (nSPS) is 17.1. The molecule has 2 atom stereocenters. The van der Waals surface area contributed by atoms with Gasteiger partial charge in [0.1, 0.15) is 0 Å². The third-order valence-electron chi connectivity index (χ3n) is 9.31. The van der Waals surface area contributed by atoms with Crippen LogP contribution < -0.4 is 4.90 Å². The van der Waals surface area contributed by atoms with Gasteiger partial charge in [-0.2, -0.15) is 0 Å². The number of hydrogen-bond donors (Lipinski definition) is 0. The first-order chi connectivity index (χ1) is 21.8. The van der Waals surface area contributed by atoms with E-state index in [9.17, 15) is 0 Å². The predicted molar refractivity (Wildman–Crippen MR) is 185 cm³/mol. The Balaban J connectivity index is 1.23. The minimum atomic E-state index is 0.256. The summed E-state index contributed by atoms with van der Waals surface area (Å²) in [6.07, 6.45) is 7.22. The van der Waals surface area contributed by atoms with E-state index in [2.05, 4.69) is 179 Å². The standard InChI is InChI=1S/C42H30N2/c1-4-13-29(14-5-1)34-20-12-22-41-42(34)37-28-31(24-26-40(37)44(41)33-17-8-3-9-18-33)30-23-25-39-36(27-30)35-19-10-11-21-38(35)43(39)32-15-6-2-7-16-32/h1-28,36,39H. The van der Waals surface area contributed by atoms with Crippen LogP contribution in [0.25, 0.3) is 44.2 Å². The molecule has 2 heteroatoms. The van der Waals surface area contributed by atoms with Gasteiger partial charge < -0.3 is 9.47 Å². The van der Waals surface area contributed by atoms with Crippen LogP contribution in [0.2, 0.25) is 0 Å². The summed E-state index contributed by atoms with van der Waals surface area (Å²) in [5.74, 6) is 0.285. The second-order valence-electron chi connectivity index (χ2n) is 11.7. The monoisotopic (exact) mass is 562 g/mol. The Morgan fingerprint density at radius 2 is 1.23 bits per heavy atom. The minimum Gasteiger partial charge on any atom is -0.333 e. The van der Waals surface area contributed by atoms with E-state index in [1.54, 1.807) is 0 Å². The molecule has 0 N–H and O–H groups in total. The lowest BCUT2D eigenvalue weighted by molar-refractivity contribution is 0.747. The van der Waals surface area contributed by atoms with E-state index in [1.165, 1.54) is 66.7 Å². The molecular weight excluding hydrogens is 532 g/mol. The third kappa shape index (κ3) is 3.81. The van der Waals surface area contributed by atoms with E-state index >= 15 is 0 Å². The summed E-state index contributed by atoms with van der Waals surface area (Å²) in [6.45, 7) is 0. The molecule has 7 aromatic rings. The lowest BCUT2D eigenvalue weighted by Crippen LogP contribution is -2.28. The van der Waals surface area contributed by atoms with Crippen LogP contribution in [-0.2, 0) is 0 Å². The van der Waals surface area contributed by atoms with Gasteiger partial charge in [-0.25, -0.2) is 0 Å². The van der Waals surface area contributed by atoms with Gasteiger partial charge >= 0.3 is 0 Å². The van der Waals surface area contributed by atoms with E-state index in [-0.39, 0.29) is 12.0 Å². The van der Waals surface area contributed by atoms with Gasteiger partial charge in [0, 0.05) is 33.8 Å². The molecule has 0 bridgehead atoms. The molecule has 1 aliphatic carbocycles. The Hall–Kier alpha value is -5.60. The molecule has 2 unspecified atom stereocenters. The Bertz CT molecular complexity index is 2220. The molecule has 1 aromatic heterocycles. The highest BCUT2D eigenvalue weighted by Crippen LogP contribution is 2.49. The number of fused-ring (bicyclic) bond motifs is 6. The second kappa shape index (κ2) is 10.00. The van der Waals surface area contributed by atoms with E-state index in [4.69, 9.17) is 0 Å². The molecule has 44 heavy (non-hydrogen) atoms. The van der Waals surface area contributed by atoms with E-state index in [0.29, 0.717) is 0 Å². The van der Waals surface area contributed by atoms with Crippen LogP contribution in [0, 0.1) is 0 Å². The maximum atomic E-state index is 2.49. The van der Waals surface area contributed by atoms with Gasteiger partial charge in [-0.15, -0.1) is 0 Å². The Kier molecular flexibility index (Phi) is 5.67. The largest absolute Gasteiger partial charge is 0.333 e. The summed E-state index contributed by atoms with van der Waals surface area (Å²) in [5, 5.41) is 2.56. The first-order valence-electron chi connectivity index (χ1n) is 15.4. The number of rotatable bonds is 4. The van der Waals surface area contributed by atoms with Crippen LogP contribution in [0.4, 0.5) is 11.4 Å².